The van der Waals surface area contributed by atoms with E-state index in [4.69, 9.17) is 9.47 Å². The Hall–Kier alpha value is -1.80. The van der Waals surface area contributed by atoms with Crippen molar-refractivity contribution in [3.05, 3.63) is 34.3 Å². The summed E-state index contributed by atoms with van der Waals surface area (Å²) in [5.74, 6) is 0. The lowest BCUT2D eigenvalue weighted by atomic mass is 10.1. The molecule has 7 nitrogen and oxygen atoms in total. The number of carbonyl (C=O) groups excluding carboxylic acids is 2. The fourth-order valence-electron chi connectivity index (χ4n) is 1.90. The molecule has 1 aromatic rings. The maximum absolute atomic E-state index is 12.1. The van der Waals surface area contributed by atoms with Crippen LogP contribution >= 0.6 is 15.9 Å². The standard InChI is InChI=1S/C15H21BrN2O5/c1-3-22-14(20)17-18(15(21)23-4-2)12(10-19)9-11-7-5-6-8-13(11)16/h5-8,12,19H,3-4,9-10H2,1-2H3,(H,17,20). The van der Waals surface area contributed by atoms with Gasteiger partial charge in [0.15, 0.2) is 0 Å². The zero-order valence-corrected chi connectivity index (χ0v) is 14.7. The van der Waals surface area contributed by atoms with Crippen molar-refractivity contribution in [1.82, 2.24) is 10.4 Å². The molecular formula is C15H21BrN2O5. The molecule has 2 N–H and O–H groups in total. The smallest absolute Gasteiger partial charge is 0.429 e. The third-order valence-corrected chi connectivity index (χ3v) is 3.71. The zero-order valence-electron chi connectivity index (χ0n) is 13.1. The van der Waals surface area contributed by atoms with Crippen LogP contribution in [0.1, 0.15) is 19.4 Å². The van der Waals surface area contributed by atoms with Crippen molar-refractivity contribution >= 4 is 28.1 Å². The monoisotopic (exact) mass is 388 g/mol. The van der Waals surface area contributed by atoms with Gasteiger partial charge in [-0.3, -0.25) is 0 Å². The molecule has 1 unspecified atom stereocenters. The molecule has 0 aliphatic heterocycles. The Morgan fingerprint density at radius 3 is 2.48 bits per heavy atom. The molecule has 0 saturated carbocycles. The third kappa shape index (κ3) is 6.07. The number of hydrazine groups is 1. The molecule has 23 heavy (non-hydrogen) atoms. The van der Waals surface area contributed by atoms with Gasteiger partial charge in [0.25, 0.3) is 0 Å². The molecule has 0 saturated heterocycles. The van der Waals surface area contributed by atoms with Gasteiger partial charge in [0.05, 0.1) is 25.9 Å². The van der Waals surface area contributed by atoms with E-state index in [1.807, 2.05) is 24.3 Å². The molecule has 0 aliphatic carbocycles. The van der Waals surface area contributed by atoms with Crippen LogP contribution in [0, 0.1) is 0 Å². The van der Waals surface area contributed by atoms with Crippen molar-refractivity contribution in [1.29, 1.82) is 0 Å². The highest BCUT2D eigenvalue weighted by Gasteiger charge is 2.27. The predicted octanol–water partition coefficient (Wildman–Crippen LogP) is 2.47. The van der Waals surface area contributed by atoms with Gasteiger partial charge < -0.3 is 14.6 Å². The van der Waals surface area contributed by atoms with E-state index in [9.17, 15) is 14.7 Å². The Kier molecular flexibility index (Phi) is 8.42. The summed E-state index contributed by atoms with van der Waals surface area (Å²) in [6.07, 6.45) is -1.22. The summed E-state index contributed by atoms with van der Waals surface area (Å²) in [6, 6.07) is 6.73. The Bertz CT molecular complexity index is 526. The summed E-state index contributed by atoms with van der Waals surface area (Å²) in [6.45, 7) is 3.26. The molecule has 8 heteroatoms. The van der Waals surface area contributed by atoms with Crippen LogP contribution in [0.2, 0.25) is 0 Å². The fraction of sp³-hybridized carbons (Fsp3) is 0.467. The summed E-state index contributed by atoms with van der Waals surface area (Å²) in [4.78, 5) is 23.7. The largest absolute Gasteiger partial charge is 0.449 e. The number of nitrogens with one attached hydrogen (secondary N) is 1. The van der Waals surface area contributed by atoms with Crippen LogP contribution in [-0.2, 0) is 15.9 Å². The van der Waals surface area contributed by atoms with Gasteiger partial charge in [-0.25, -0.2) is 20.0 Å². The first kappa shape index (κ1) is 19.2. The van der Waals surface area contributed by atoms with Crippen molar-refractivity contribution in [3.63, 3.8) is 0 Å². The second-order valence-corrected chi connectivity index (χ2v) is 5.39. The normalized spacial score (nSPS) is 11.5. The van der Waals surface area contributed by atoms with E-state index in [0.29, 0.717) is 6.42 Å². The first-order valence-electron chi connectivity index (χ1n) is 7.27. The van der Waals surface area contributed by atoms with Crippen molar-refractivity contribution in [2.45, 2.75) is 26.3 Å². The fourth-order valence-corrected chi connectivity index (χ4v) is 2.34. The van der Waals surface area contributed by atoms with E-state index < -0.39 is 18.2 Å². The summed E-state index contributed by atoms with van der Waals surface area (Å²) in [5, 5.41) is 10.6. The molecule has 0 radical (unpaired) electrons. The number of aliphatic hydroxyl groups is 1. The molecule has 0 heterocycles. The molecule has 0 bridgehead atoms. The second-order valence-electron chi connectivity index (χ2n) is 4.53. The molecule has 1 rings (SSSR count). The minimum Gasteiger partial charge on any atom is -0.449 e. The van der Waals surface area contributed by atoms with Crippen LogP contribution in [0.15, 0.2) is 28.7 Å². The van der Waals surface area contributed by atoms with Crippen molar-refractivity contribution in [2.24, 2.45) is 0 Å². The number of rotatable bonds is 6. The highest BCUT2D eigenvalue weighted by Crippen LogP contribution is 2.19. The summed E-state index contributed by atoms with van der Waals surface area (Å²) in [5.41, 5.74) is 3.20. The van der Waals surface area contributed by atoms with Gasteiger partial charge in [-0.15, -0.1) is 0 Å². The Morgan fingerprint density at radius 1 is 1.26 bits per heavy atom. The predicted molar refractivity (Wildman–Crippen MR) is 87.7 cm³/mol. The van der Waals surface area contributed by atoms with E-state index in [1.165, 1.54) is 0 Å². The van der Waals surface area contributed by atoms with E-state index in [-0.39, 0.29) is 19.8 Å². The number of amides is 2. The van der Waals surface area contributed by atoms with E-state index >= 15 is 0 Å². The Balaban J connectivity index is 2.93. The lowest BCUT2D eigenvalue weighted by Crippen LogP contribution is -2.54. The topological polar surface area (TPSA) is 88.1 Å². The molecule has 0 aliphatic rings. The average Bonchev–Trinajstić information content (AvgIpc) is 2.53. The number of halogens is 1. The van der Waals surface area contributed by atoms with Gasteiger partial charge >= 0.3 is 12.2 Å². The number of aliphatic hydroxyl groups excluding tert-OH is 1. The highest BCUT2D eigenvalue weighted by atomic mass is 79.9. The molecule has 1 atom stereocenters. The van der Waals surface area contributed by atoms with Crippen molar-refractivity contribution in [2.75, 3.05) is 19.8 Å². The van der Waals surface area contributed by atoms with Crippen molar-refractivity contribution in [3.8, 4) is 0 Å². The molecule has 2 amide bonds. The Morgan fingerprint density at radius 2 is 1.91 bits per heavy atom. The number of ether oxygens (including phenoxy) is 2. The second kappa shape index (κ2) is 10.1. The zero-order chi connectivity index (χ0) is 17.2. The number of carbonyl (C=O) groups is 2. The quantitative estimate of drug-likeness (QED) is 0.730. The van der Waals surface area contributed by atoms with Crippen LogP contribution in [0.3, 0.4) is 0 Å². The maximum atomic E-state index is 12.1. The van der Waals surface area contributed by atoms with E-state index in [1.54, 1.807) is 13.8 Å². The first-order valence-corrected chi connectivity index (χ1v) is 8.06. The van der Waals surface area contributed by atoms with Crippen LogP contribution in [0.5, 0.6) is 0 Å². The van der Waals surface area contributed by atoms with Crippen LogP contribution in [0.25, 0.3) is 0 Å². The third-order valence-electron chi connectivity index (χ3n) is 2.94. The molecule has 0 fully saturated rings. The number of benzene rings is 1. The summed E-state index contributed by atoms with van der Waals surface area (Å²) in [7, 11) is 0. The van der Waals surface area contributed by atoms with Gasteiger partial charge in [0.1, 0.15) is 0 Å². The number of hydrogen-bond donors (Lipinski definition) is 2. The van der Waals surface area contributed by atoms with E-state index in [0.717, 1.165) is 15.0 Å². The summed E-state index contributed by atoms with van der Waals surface area (Å²) >= 11 is 3.42. The van der Waals surface area contributed by atoms with E-state index in [2.05, 4.69) is 21.4 Å². The highest BCUT2D eigenvalue weighted by molar-refractivity contribution is 9.10. The number of nitrogens with zero attached hydrogens (tertiary/aromatic N) is 1. The maximum Gasteiger partial charge on any atom is 0.429 e. The minimum absolute atomic E-state index is 0.146. The SMILES string of the molecule is CCOC(=O)NN(C(=O)OCC)C(CO)Cc1ccccc1Br. The lowest BCUT2D eigenvalue weighted by molar-refractivity contribution is 0.0395. The van der Waals surface area contributed by atoms with Crippen LogP contribution in [0.4, 0.5) is 9.59 Å². The minimum atomic E-state index is -0.786. The molecule has 128 valence electrons. The van der Waals surface area contributed by atoms with Gasteiger partial charge in [0, 0.05) is 4.47 Å². The van der Waals surface area contributed by atoms with Crippen molar-refractivity contribution < 1.29 is 24.2 Å². The van der Waals surface area contributed by atoms with Gasteiger partial charge in [-0.05, 0) is 31.9 Å². The molecular weight excluding hydrogens is 368 g/mol. The van der Waals surface area contributed by atoms with Gasteiger partial charge in [-0.2, -0.15) is 0 Å². The van der Waals surface area contributed by atoms with Gasteiger partial charge in [-0.1, -0.05) is 34.1 Å². The molecule has 0 aromatic heterocycles. The first-order chi connectivity index (χ1) is 11.0. The average molecular weight is 389 g/mol. The lowest BCUT2D eigenvalue weighted by Gasteiger charge is -2.29. The molecule has 0 spiro atoms. The summed E-state index contributed by atoms with van der Waals surface area (Å²) < 4.78 is 10.6. The Labute approximate surface area is 143 Å². The van der Waals surface area contributed by atoms with Gasteiger partial charge in [0.2, 0.25) is 0 Å². The molecule has 1 aromatic carbocycles. The van der Waals surface area contributed by atoms with Crippen LogP contribution < -0.4 is 5.43 Å². The van der Waals surface area contributed by atoms with Crippen LogP contribution in [-0.4, -0.2) is 48.2 Å². The number of hydrogen-bond acceptors (Lipinski definition) is 5.